The van der Waals surface area contributed by atoms with Crippen molar-refractivity contribution in [2.75, 3.05) is 0 Å². The summed E-state index contributed by atoms with van der Waals surface area (Å²) in [5, 5.41) is 13.0. The zero-order valence-corrected chi connectivity index (χ0v) is 11.4. The molecular weight excluding hydrogens is 278 g/mol. The maximum absolute atomic E-state index is 12.0. The van der Waals surface area contributed by atoms with E-state index in [1.165, 1.54) is 0 Å². The van der Waals surface area contributed by atoms with Gasteiger partial charge in [0, 0.05) is 11.5 Å². The average molecular weight is 288 g/mol. The van der Waals surface area contributed by atoms with Crippen molar-refractivity contribution in [2.24, 2.45) is 0 Å². The standard InChI is InChI=1S/C17H10N3O2/c21-16-17(20-14-8-4-3-7-13(14)19-16)22-15-10-9-11-5-1-2-6-12(11)18-15/h1-10H. The van der Waals surface area contributed by atoms with E-state index in [0.717, 1.165) is 10.9 Å². The van der Waals surface area contributed by atoms with Gasteiger partial charge in [0.1, 0.15) is 0 Å². The largest absolute Gasteiger partial charge is 0.415 e. The van der Waals surface area contributed by atoms with Crippen LogP contribution in [-0.2, 0) is 5.11 Å². The molecule has 0 atom stereocenters. The number of benzene rings is 2. The van der Waals surface area contributed by atoms with Crippen LogP contribution in [0.4, 0.5) is 0 Å². The molecule has 0 aliphatic heterocycles. The molecule has 2 aromatic heterocycles. The van der Waals surface area contributed by atoms with Crippen molar-refractivity contribution in [3.8, 4) is 17.6 Å². The first kappa shape index (κ1) is 12.5. The second kappa shape index (κ2) is 4.96. The van der Waals surface area contributed by atoms with Crippen molar-refractivity contribution in [1.29, 1.82) is 0 Å². The quantitative estimate of drug-likeness (QED) is 0.556. The van der Waals surface area contributed by atoms with Crippen LogP contribution in [0.25, 0.3) is 21.9 Å². The van der Waals surface area contributed by atoms with Crippen LogP contribution < -0.4 is 4.74 Å². The van der Waals surface area contributed by atoms with Gasteiger partial charge in [-0.05, 0) is 24.3 Å². The summed E-state index contributed by atoms with van der Waals surface area (Å²) < 4.78 is 5.53. The predicted octanol–water partition coefficient (Wildman–Crippen LogP) is 4.11. The first-order chi connectivity index (χ1) is 10.8. The van der Waals surface area contributed by atoms with E-state index in [1.54, 1.807) is 18.2 Å². The lowest BCUT2D eigenvalue weighted by Gasteiger charge is -2.06. The van der Waals surface area contributed by atoms with E-state index in [-0.39, 0.29) is 5.88 Å². The molecule has 0 saturated carbocycles. The highest BCUT2D eigenvalue weighted by atomic mass is 16.5. The Morgan fingerprint density at radius 1 is 0.682 bits per heavy atom. The third-order valence-electron chi connectivity index (χ3n) is 3.28. The third-order valence-corrected chi connectivity index (χ3v) is 3.28. The number of hydrogen-bond acceptors (Lipinski definition) is 4. The van der Waals surface area contributed by atoms with Crippen LogP contribution >= 0.6 is 0 Å². The molecule has 0 bridgehead atoms. The number of nitrogens with zero attached hydrogens (tertiary/aromatic N) is 3. The van der Waals surface area contributed by atoms with Gasteiger partial charge in [-0.3, -0.25) is 5.11 Å². The van der Waals surface area contributed by atoms with Crippen LogP contribution in [0.5, 0.6) is 17.6 Å². The van der Waals surface area contributed by atoms with E-state index < -0.39 is 5.88 Å². The second-order valence-corrected chi connectivity index (χ2v) is 4.77. The summed E-state index contributed by atoms with van der Waals surface area (Å²) in [4.78, 5) is 12.5. The number of pyridine rings is 1. The molecule has 0 unspecified atom stereocenters. The molecule has 2 aromatic carbocycles. The Morgan fingerprint density at radius 2 is 1.36 bits per heavy atom. The summed E-state index contributed by atoms with van der Waals surface area (Å²) in [7, 11) is 0. The van der Waals surface area contributed by atoms with E-state index in [0.29, 0.717) is 16.9 Å². The van der Waals surface area contributed by atoms with Gasteiger partial charge >= 0.3 is 5.88 Å². The van der Waals surface area contributed by atoms with Crippen LogP contribution in [0.2, 0.25) is 0 Å². The smallest absolute Gasteiger partial charge is 0.333 e. The highest BCUT2D eigenvalue weighted by Crippen LogP contribution is 2.29. The Morgan fingerprint density at radius 3 is 2.18 bits per heavy atom. The minimum Gasteiger partial charge on any atom is -0.415 e. The van der Waals surface area contributed by atoms with Gasteiger partial charge in [0.05, 0.1) is 16.6 Å². The van der Waals surface area contributed by atoms with Gasteiger partial charge in [-0.2, -0.15) is 0 Å². The molecule has 0 saturated heterocycles. The molecule has 2 heterocycles. The molecule has 5 heteroatoms. The number of para-hydroxylation sites is 3. The zero-order valence-electron chi connectivity index (χ0n) is 11.4. The summed E-state index contributed by atoms with van der Waals surface area (Å²) in [5.74, 6) is -0.254. The van der Waals surface area contributed by atoms with Crippen LogP contribution in [-0.4, -0.2) is 15.0 Å². The fourth-order valence-electron chi connectivity index (χ4n) is 2.24. The normalized spacial score (nSPS) is 10.9. The van der Waals surface area contributed by atoms with Gasteiger partial charge in [-0.15, -0.1) is 0 Å². The lowest BCUT2D eigenvalue weighted by molar-refractivity contribution is 0.306. The molecule has 22 heavy (non-hydrogen) atoms. The fourth-order valence-corrected chi connectivity index (χ4v) is 2.24. The van der Waals surface area contributed by atoms with Crippen LogP contribution in [0, 0.1) is 0 Å². The van der Waals surface area contributed by atoms with Gasteiger partial charge in [0.25, 0.3) is 5.88 Å². The van der Waals surface area contributed by atoms with Gasteiger partial charge in [0.15, 0.2) is 0 Å². The molecule has 4 rings (SSSR count). The summed E-state index contributed by atoms with van der Waals surface area (Å²) in [5.41, 5.74) is 1.95. The fraction of sp³-hybridized carbons (Fsp3) is 0. The van der Waals surface area contributed by atoms with Gasteiger partial charge < -0.3 is 4.74 Å². The predicted molar refractivity (Wildman–Crippen MR) is 81.5 cm³/mol. The van der Waals surface area contributed by atoms with Gasteiger partial charge in [-0.1, -0.05) is 30.3 Å². The van der Waals surface area contributed by atoms with Gasteiger partial charge in [-0.25, -0.2) is 15.0 Å². The first-order valence-corrected chi connectivity index (χ1v) is 6.77. The molecular formula is C17H10N3O2. The monoisotopic (exact) mass is 288 g/mol. The highest BCUT2D eigenvalue weighted by molar-refractivity contribution is 5.79. The van der Waals surface area contributed by atoms with E-state index in [2.05, 4.69) is 15.0 Å². The Bertz CT molecular complexity index is 986. The molecule has 0 aliphatic carbocycles. The summed E-state index contributed by atoms with van der Waals surface area (Å²) in [6, 6.07) is 18.4. The molecule has 0 spiro atoms. The Kier molecular flexibility index (Phi) is 2.83. The molecule has 1 radical (unpaired) electrons. The molecule has 0 aliphatic rings. The van der Waals surface area contributed by atoms with Crippen LogP contribution in [0.3, 0.4) is 0 Å². The lowest BCUT2D eigenvalue weighted by Crippen LogP contribution is -1.94. The first-order valence-electron chi connectivity index (χ1n) is 6.77. The minimum atomic E-state index is -0.506. The van der Waals surface area contributed by atoms with Crippen molar-refractivity contribution in [2.45, 2.75) is 0 Å². The topological polar surface area (TPSA) is 67.8 Å². The Balaban J connectivity index is 1.76. The van der Waals surface area contributed by atoms with E-state index in [4.69, 9.17) is 4.74 Å². The van der Waals surface area contributed by atoms with Crippen LogP contribution in [0.15, 0.2) is 60.7 Å². The summed E-state index contributed by atoms with van der Waals surface area (Å²) >= 11 is 0. The summed E-state index contributed by atoms with van der Waals surface area (Å²) in [6.45, 7) is 0. The van der Waals surface area contributed by atoms with Crippen LogP contribution in [0.1, 0.15) is 0 Å². The number of rotatable bonds is 2. The Hall–Kier alpha value is -3.21. The van der Waals surface area contributed by atoms with Crippen molar-refractivity contribution in [1.82, 2.24) is 15.0 Å². The number of aromatic nitrogens is 3. The SMILES string of the molecule is [O]c1nc2ccccc2nc1Oc1ccc2ccccc2n1. The molecule has 5 nitrogen and oxygen atoms in total. The maximum atomic E-state index is 12.0. The van der Waals surface area contributed by atoms with Crippen molar-refractivity contribution >= 4 is 21.9 Å². The Labute approximate surface area is 125 Å². The maximum Gasteiger partial charge on any atom is 0.333 e. The van der Waals surface area contributed by atoms with E-state index >= 15 is 0 Å². The second-order valence-electron chi connectivity index (χ2n) is 4.77. The van der Waals surface area contributed by atoms with Gasteiger partial charge in [0.2, 0.25) is 5.88 Å². The number of fused-ring (bicyclic) bond motifs is 2. The average Bonchev–Trinajstić information content (AvgIpc) is 2.55. The van der Waals surface area contributed by atoms with E-state index in [9.17, 15) is 5.11 Å². The third kappa shape index (κ3) is 2.18. The highest BCUT2D eigenvalue weighted by Gasteiger charge is 2.12. The molecule has 4 aromatic rings. The van der Waals surface area contributed by atoms with E-state index in [1.807, 2.05) is 42.5 Å². The summed E-state index contributed by atoms with van der Waals surface area (Å²) in [6.07, 6.45) is 0. The molecule has 0 N–H and O–H groups in total. The molecule has 0 amide bonds. The van der Waals surface area contributed by atoms with Crippen molar-refractivity contribution in [3.63, 3.8) is 0 Å². The number of ether oxygens (including phenoxy) is 1. The minimum absolute atomic E-state index is 0.0681. The lowest BCUT2D eigenvalue weighted by atomic mass is 10.2. The molecule has 105 valence electrons. The van der Waals surface area contributed by atoms with Crippen molar-refractivity contribution in [3.05, 3.63) is 60.7 Å². The molecule has 0 fully saturated rings. The zero-order chi connectivity index (χ0) is 14.9. The number of hydrogen-bond donors (Lipinski definition) is 0. The van der Waals surface area contributed by atoms with Crippen molar-refractivity contribution < 1.29 is 9.84 Å².